The van der Waals surface area contributed by atoms with Gasteiger partial charge in [0, 0.05) is 25.3 Å². The Morgan fingerprint density at radius 3 is 2.62 bits per heavy atom. The zero-order valence-electron chi connectivity index (χ0n) is 16.2. The number of aliphatic hydroxyl groups excluding tert-OH is 1. The lowest BCUT2D eigenvalue weighted by Crippen LogP contribution is -2.29. The maximum absolute atomic E-state index is 12.8. The Morgan fingerprint density at radius 1 is 1.17 bits per heavy atom. The molecule has 0 fully saturated rings. The number of hydrogen-bond donors (Lipinski definition) is 2. The largest absolute Gasteiger partial charge is 0.495 e. The van der Waals surface area contributed by atoms with Gasteiger partial charge in [-0.15, -0.1) is 0 Å². The Bertz CT molecular complexity index is 1150. The van der Waals surface area contributed by atoms with Crippen molar-refractivity contribution >= 4 is 26.9 Å². The van der Waals surface area contributed by atoms with E-state index in [2.05, 4.69) is 9.46 Å². The molecule has 3 aromatic rings. The molecule has 1 aromatic heterocycles. The van der Waals surface area contributed by atoms with Crippen molar-refractivity contribution in [2.75, 3.05) is 20.8 Å². The number of rotatable bonds is 7. The maximum atomic E-state index is 12.8. The molecule has 29 heavy (non-hydrogen) atoms. The number of benzene rings is 2. The third-order valence-electron chi connectivity index (χ3n) is 4.63. The van der Waals surface area contributed by atoms with Crippen LogP contribution in [0.3, 0.4) is 0 Å². The second-order valence-electron chi connectivity index (χ2n) is 6.47. The highest BCUT2D eigenvalue weighted by Crippen LogP contribution is 2.26. The van der Waals surface area contributed by atoms with Gasteiger partial charge in [-0.3, -0.25) is 0 Å². The fourth-order valence-corrected chi connectivity index (χ4v) is 4.25. The van der Waals surface area contributed by atoms with Gasteiger partial charge >= 0.3 is 5.97 Å². The molecule has 0 bridgehead atoms. The highest BCUT2D eigenvalue weighted by atomic mass is 32.2. The van der Waals surface area contributed by atoms with Crippen molar-refractivity contribution in [3.8, 4) is 5.75 Å². The van der Waals surface area contributed by atoms with Gasteiger partial charge in [-0.1, -0.05) is 6.07 Å². The third kappa shape index (κ3) is 4.26. The van der Waals surface area contributed by atoms with Crippen molar-refractivity contribution in [1.29, 1.82) is 0 Å². The van der Waals surface area contributed by atoms with E-state index in [1.807, 2.05) is 36.0 Å². The van der Waals surface area contributed by atoms with E-state index < -0.39 is 22.1 Å². The Balaban J connectivity index is 1.82. The van der Waals surface area contributed by atoms with Crippen LogP contribution in [-0.2, 0) is 21.8 Å². The van der Waals surface area contributed by atoms with Crippen LogP contribution >= 0.6 is 0 Å². The first-order valence-electron chi connectivity index (χ1n) is 8.76. The van der Waals surface area contributed by atoms with E-state index in [9.17, 15) is 18.3 Å². The van der Waals surface area contributed by atoms with Crippen molar-refractivity contribution in [2.45, 2.75) is 11.0 Å². The van der Waals surface area contributed by atoms with E-state index in [4.69, 9.17) is 4.74 Å². The van der Waals surface area contributed by atoms with Crippen LogP contribution in [0.4, 0.5) is 0 Å². The molecule has 9 heteroatoms. The molecule has 0 amide bonds. The number of aromatic nitrogens is 1. The lowest BCUT2D eigenvalue weighted by atomic mass is 10.1. The van der Waals surface area contributed by atoms with Gasteiger partial charge in [-0.2, -0.15) is 0 Å². The number of carbonyl (C=O) groups is 1. The van der Waals surface area contributed by atoms with Crippen LogP contribution in [0.25, 0.3) is 10.9 Å². The Hall–Kier alpha value is -2.88. The molecule has 0 radical (unpaired) electrons. The van der Waals surface area contributed by atoms with Crippen molar-refractivity contribution < 1.29 is 27.8 Å². The quantitative estimate of drug-likeness (QED) is 0.568. The van der Waals surface area contributed by atoms with Gasteiger partial charge in [0.2, 0.25) is 10.0 Å². The predicted octanol–water partition coefficient (Wildman–Crippen LogP) is 1.99. The molecule has 0 unspecified atom stereocenters. The number of aryl methyl sites for hydroxylation is 1. The summed E-state index contributed by atoms with van der Waals surface area (Å²) in [6.07, 6.45) is 0.855. The fourth-order valence-electron chi connectivity index (χ4n) is 3.02. The molecule has 2 aromatic carbocycles. The minimum Gasteiger partial charge on any atom is -0.495 e. The van der Waals surface area contributed by atoms with Gasteiger partial charge in [0.1, 0.15) is 10.6 Å². The van der Waals surface area contributed by atoms with Crippen LogP contribution < -0.4 is 9.46 Å². The van der Waals surface area contributed by atoms with Crippen molar-refractivity contribution in [1.82, 2.24) is 9.29 Å². The molecule has 3 rings (SSSR count). The SMILES string of the molecule is COC(=O)c1ccc(OC)c(S(=O)(=O)NC[C@H](O)c2ccc3c(ccn3C)c2)c1. The van der Waals surface area contributed by atoms with E-state index in [0.717, 1.165) is 10.9 Å². The highest BCUT2D eigenvalue weighted by molar-refractivity contribution is 7.89. The normalized spacial score (nSPS) is 12.7. The molecule has 0 aliphatic carbocycles. The molecule has 154 valence electrons. The molecule has 1 heterocycles. The number of fused-ring (bicyclic) bond motifs is 1. The topological polar surface area (TPSA) is 107 Å². The first-order chi connectivity index (χ1) is 13.8. The van der Waals surface area contributed by atoms with E-state index in [1.54, 1.807) is 6.07 Å². The molecule has 0 saturated carbocycles. The van der Waals surface area contributed by atoms with Crippen LogP contribution in [0, 0.1) is 0 Å². The first kappa shape index (κ1) is 20.8. The van der Waals surface area contributed by atoms with Gasteiger partial charge < -0.3 is 19.1 Å². The Kier molecular flexibility index (Phi) is 5.92. The number of esters is 1. The zero-order chi connectivity index (χ0) is 21.2. The molecule has 0 saturated heterocycles. The molecular formula is C20H22N2O6S. The second-order valence-corrected chi connectivity index (χ2v) is 8.21. The predicted molar refractivity (Wildman–Crippen MR) is 107 cm³/mol. The summed E-state index contributed by atoms with van der Waals surface area (Å²) in [5, 5.41) is 11.4. The van der Waals surface area contributed by atoms with E-state index in [-0.39, 0.29) is 22.8 Å². The summed E-state index contributed by atoms with van der Waals surface area (Å²) in [5.74, 6) is -0.592. The lowest BCUT2D eigenvalue weighted by Gasteiger charge is -2.15. The number of carbonyl (C=O) groups excluding carboxylic acids is 1. The van der Waals surface area contributed by atoms with E-state index >= 15 is 0 Å². The van der Waals surface area contributed by atoms with Crippen LogP contribution in [0.1, 0.15) is 22.0 Å². The second kappa shape index (κ2) is 8.24. The van der Waals surface area contributed by atoms with Gasteiger partial charge in [0.25, 0.3) is 0 Å². The summed E-state index contributed by atoms with van der Waals surface area (Å²) in [7, 11) is 0.400. The van der Waals surface area contributed by atoms with Gasteiger partial charge in [-0.25, -0.2) is 17.9 Å². The number of nitrogens with zero attached hydrogens (tertiary/aromatic N) is 1. The highest BCUT2D eigenvalue weighted by Gasteiger charge is 2.23. The average molecular weight is 418 g/mol. The number of hydrogen-bond acceptors (Lipinski definition) is 6. The molecular weight excluding hydrogens is 396 g/mol. The van der Waals surface area contributed by atoms with Crippen molar-refractivity contribution in [3.63, 3.8) is 0 Å². The third-order valence-corrected chi connectivity index (χ3v) is 6.08. The molecule has 0 aliphatic rings. The minimum absolute atomic E-state index is 0.0729. The number of nitrogens with one attached hydrogen (secondary N) is 1. The molecule has 2 N–H and O–H groups in total. The standard InChI is InChI=1S/C20H22N2O6S/c1-22-9-8-13-10-14(4-6-16(13)22)17(23)12-21-29(25,26)19-11-15(20(24)28-3)5-7-18(19)27-2/h4-11,17,21,23H,12H2,1-3H3/t17-/m0/s1. The summed E-state index contributed by atoms with van der Waals surface area (Å²) < 4.78 is 39.6. The smallest absolute Gasteiger partial charge is 0.337 e. The summed E-state index contributed by atoms with van der Waals surface area (Å²) in [5.41, 5.74) is 1.66. The summed E-state index contributed by atoms with van der Waals surface area (Å²) >= 11 is 0. The summed E-state index contributed by atoms with van der Waals surface area (Å²) in [6.45, 7) is -0.244. The zero-order valence-corrected chi connectivity index (χ0v) is 17.1. The molecule has 8 nitrogen and oxygen atoms in total. The minimum atomic E-state index is -4.06. The Morgan fingerprint density at radius 2 is 1.93 bits per heavy atom. The number of aliphatic hydroxyl groups is 1. The number of ether oxygens (including phenoxy) is 2. The number of methoxy groups -OCH3 is 2. The van der Waals surface area contributed by atoms with Crippen LogP contribution in [0.2, 0.25) is 0 Å². The first-order valence-corrected chi connectivity index (χ1v) is 10.2. The molecule has 0 aliphatic heterocycles. The van der Waals surface area contributed by atoms with Crippen molar-refractivity contribution in [2.24, 2.45) is 7.05 Å². The van der Waals surface area contributed by atoms with Crippen LogP contribution in [-0.4, -0.2) is 44.8 Å². The average Bonchev–Trinajstić information content (AvgIpc) is 3.11. The molecule has 1 atom stereocenters. The van der Waals surface area contributed by atoms with Crippen molar-refractivity contribution in [3.05, 3.63) is 59.8 Å². The van der Waals surface area contributed by atoms with Crippen LogP contribution in [0.5, 0.6) is 5.75 Å². The fraction of sp³-hybridized carbons (Fsp3) is 0.250. The molecule has 0 spiro atoms. The van der Waals surface area contributed by atoms with Gasteiger partial charge in [0.15, 0.2) is 0 Å². The van der Waals surface area contributed by atoms with Crippen LogP contribution in [0.15, 0.2) is 53.6 Å². The maximum Gasteiger partial charge on any atom is 0.337 e. The van der Waals surface area contributed by atoms with E-state index in [1.165, 1.54) is 32.4 Å². The summed E-state index contributed by atoms with van der Waals surface area (Å²) in [4.78, 5) is 11.5. The van der Waals surface area contributed by atoms with E-state index in [0.29, 0.717) is 5.56 Å². The number of sulfonamides is 1. The van der Waals surface area contributed by atoms with Gasteiger partial charge in [0.05, 0.1) is 25.9 Å². The lowest BCUT2D eigenvalue weighted by molar-refractivity contribution is 0.0600. The van der Waals surface area contributed by atoms with Gasteiger partial charge in [-0.05, 0) is 47.3 Å². The Labute approximate surface area is 168 Å². The summed E-state index contributed by atoms with van der Waals surface area (Å²) in [6, 6.07) is 11.3. The monoisotopic (exact) mass is 418 g/mol.